The normalized spacial score (nSPS) is 12.9. The van der Waals surface area contributed by atoms with Crippen molar-refractivity contribution in [3.63, 3.8) is 0 Å². The maximum absolute atomic E-state index is 10.2. The van der Waals surface area contributed by atoms with Crippen LogP contribution in [0.2, 0.25) is 0 Å². The Labute approximate surface area is 100 Å². The SMILES string of the molecule is C=C(CC(O)(CC)CC)CC(O)(CC)CC. The summed E-state index contributed by atoms with van der Waals surface area (Å²) >= 11 is 0. The minimum Gasteiger partial charge on any atom is -0.390 e. The summed E-state index contributed by atoms with van der Waals surface area (Å²) in [5, 5.41) is 20.4. The van der Waals surface area contributed by atoms with Crippen LogP contribution in [0.1, 0.15) is 66.2 Å². The van der Waals surface area contributed by atoms with E-state index in [2.05, 4.69) is 6.58 Å². The third-order valence-electron chi connectivity index (χ3n) is 3.79. The molecular formula is C14H28O2. The van der Waals surface area contributed by atoms with E-state index in [0.717, 1.165) is 31.3 Å². The van der Waals surface area contributed by atoms with Gasteiger partial charge in [0.25, 0.3) is 0 Å². The molecule has 0 bridgehead atoms. The molecule has 96 valence electrons. The summed E-state index contributed by atoms with van der Waals surface area (Å²) in [4.78, 5) is 0. The quantitative estimate of drug-likeness (QED) is 0.625. The fourth-order valence-electron chi connectivity index (χ4n) is 1.99. The predicted molar refractivity (Wildman–Crippen MR) is 69.4 cm³/mol. The lowest BCUT2D eigenvalue weighted by molar-refractivity contribution is 0.0144. The molecule has 0 aromatic rings. The molecule has 0 spiro atoms. The Bertz CT molecular complexity index is 191. The lowest BCUT2D eigenvalue weighted by Crippen LogP contribution is -2.31. The first kappa shape index (κ1) is 15.7. The molecule has 0 aromatic heterocycles. The van der Waals surface area contributed by atoms with Gasteiger partial charge >= 0.3 is 0 Å². The van der Waals surface area contributed by atoms with Gasteiger partial charge in [0.05, 0.1) is 11.2 Å². The Morgan fingerprint density at radius 3 is 1.25 bits per heavy atom. The second-order valence-electron chi connectivity index (χ2n) is 4.97. The third-order valence-corrected chi connectivity index (χ3v) is 3.79. The summed E-state index contributed by atoms with van der Waals surface area (Å²) in [6.07, 6.45) is 4.14. The van der Waals surface area contributed by atoms with Gasteiger partial charge in [0.15, 0.2) is 0 Å². The molecule has 0 aromatic carbocycles. The van der Waals surface area contributed by atoms with E-state index in [0.29, 0.717) is 12.8 Å². The van der Waals surface area contributed by atoms with Crippen molar-refractivity contribution in [2.75, 3.05) is 0 Å². The largest absolute Gasteiger partial charge is 0.390 e. The molecule has 0 rings (SSSR count). The molecule has 0 radical (unpaired) electrons. The van der Waals surface area contributed by atoms with E-state index in [-0.39, 0.29) is 0 Å². The van der Waals surface area contributed by atoms with Crippen LogP contribution in [0.25, 0.3) is 0 Å². The van der Waals surface area contributed by atoms with Crippen LogP contribution in [-0.2, 0) is 0 Å². The number of hydrogen-bond acceptors (Lipinski definition) is 2. The van der Waals surface area contributed by atoms with Gasteiger partial charge in [-0.05, 0) is 38.5 Å². The third kappa shape index (κ3) is 4.67. The smallest absolute Gasteiger partial charge is 0.0679 e. The molecule has 0 saturated heterocycles. The van der Waals surface area contributed by atoms with Crippen LogP contribution in [-0.4, -0.2) is 21.4 Å². The van der Waals surface area contributed by atoms with Crippen molar-refractivity contribution in [3.05, 3.63) is 12.2 Å². The fraction of sp³-hybridized carbons (Fsp3) is 0.857. The number of rotatable bonds is 8. The van der Waals surface area contributed by atoms with Crippen LogP contribution < -0.4 is 0 Å². The highest BCUT2D eigenvalue weighted by Gasteiger charge is 2.28. The first-order valence-corrected chi connectivity index (χ1v) is 6.46. The van der Waals surface area contributed by atoms with Crippen LogP contribution in [0.5, 0.6) is 0 Å². The van der Waals surface area contributed by atoms with Gasteiger partial charge in [-0.25, -0.2) is 0 Å². The van der Waals surface area contributed by atoms with Crippen LogP contribution >= 0.6 is 0 Å². The van der Waals surface area contributed by atoms with Gasteiger partial charge in [-0.2, -0.15) is 0 Å². The van der Waals surface area contributed by atoms with Crippen molar-refractivity contribution < 1.29 is 10.2 Å². The topological polar surface area (TPSA) is 40.5 Å². The molecule has 0 unspecified atom stereocenters. The number of hydrogen-bond donors (Lipinski definition) is 2. The summed E-state index contributed by atoms with van der Waals surface area (Å²) in [7, 11) is 0. The Hall–Kier alpha value is -0.340. The molecule has 2 N–H and O–H groups in total. The molecule has 0 heterocycles. The van der Waals surface area contributed by atoms with Crippen molar-refractivity contribution >= 4 is 0 Å². The lowest BCUT2D eigenvalue weighted by atomic mass is 9.83. The van der Waals surface area contributed by atoms with Crippen molar-refractivity contribution in [3.8, 4) is 0 Å². The average Bonchev–Trinajstić information content (AvgIpc) is 2.28. The van der Waals surface area contributed by atoms with Crippen LogP contribution in [0.3, 0.4) is 0 Å². The Morgan fingerprint density at radius 1 is 0.812 bits per heavy atom. The molecule has 0 aliphatic heterocycles. The van der Waals surface area contributed by atoms with E-state index >= 15 is 0 Å². The zero-order valence-corrected chi connectivity index (χ0v) is 11.3. The fourth-order valence-corrected chi connectivity index (χ4v) is 1.99. The first-order chi connectivity index (χ1) is 7.34. The highest BCUT2D eigenvalue weighted by molar-refractivity contribution is 5.05. The highest BCUT2D eigenvalue weighted by Crippen LogP contribution is 2.30. The average molecular weight is 228 g/mol. The van der Waals surface area contributed by atoms with Crippen molar-refractivity contribution in [2.24, 2.45) is 0 Å². The molecule has 2 heteroatoms. The predicted octanol–water partition coefficient (Wildman–Crippen LogP) is 3.43. The van der Waals surface area contributed by atoms with Gasteiger partial charge in [0.2, 0.25) is 0 Å². The van der Waals surface area contributed by atoms with Gasteiger partial charge in [-0.3, -0.25) is 0 Å². The molecular weight excluding hydrogens is 200 g/mol. The second kappa shape index (κ2) is 6.41. The van der Waals surface area contributed by atoms with E-state index in [1.807, 2.05) is 27.7 Å². The maximum atomic E-state index is 10.2. The van der Waals surface area contributed by atoms with Gasteiger partial charge in [0.1, 0.15) is 0 Å². The number of aliphatic hydroxyl groups is 2. The minimum absolute atomic E-state index is 0.600. The van der Waals surface area contributed by atoms with Gasteiger partial charge < -0.3 is 10.2 Å². The zero-order chi connectivity index (χ0) is 12.8. The van der Waals surface area contributed by atoms with E-state index < -0.39 is 11.2 Å². The monoisotopic (exact) mass is 228 g/mol. The molecule has 0 aliphatic carbocycles. The highest BCUT2D eigenvalue weighted by atomic mass is 16.3. The van der Waals surface area contributed by atoms with Gasteiger partial charge in [-0.15, -0.1) is 0 Å². The molecule has 0 aliphatic rings. The Balaban J connectivity index is 4.38. The summed E-state index contributed by atoms with van der Waals surface area (Å²) in [5.74, 6) is 0. The summed E-state index contributed by atoms with van der Waals surface area (Å²) < 4.78 is 0. The van der Waals surface area contributed by atoms with Crippen molar-refractivity contribution in [1.29, 1.82) is 0 Å². The van der Waals surface area contributed by atoms with Crippen LogP contribution in [0.4, 0.5) is 0 Å². The van der Waals surface area contributed by atoms with E-state index in [4.69, 9.17) is 0 Å². The maximum Gasteiger partial charge on any atom is 0.0679 e. The molecule has 16 heavy (non-hydrogen) atoms. The molecule has 0 fully saturated rings. The van der Waals surface area contributed by atoms with Crippen LogP contribution in [0.15, 0.2) is 12.2 Å². The van der Waals surface area contributed by atoms with Crippen molar-refractivity contribution in [1.82, 2.24) is 0 Å². The van der Waals surface area contributed by atoms with Gasteiger partial charge in [0, 0.05) is 0 Å². The molecule has 0 atom stereocenters. The lowest BCUT2D eigenvalue weighted by Gasteiger charge is -2.31. The molecule has 0 amide bonds. The first-order valence-electron chi connectivity index (χ1n) is 6.46. The second-order valence-corrected chi connectivity index (χ2v) is 4.97. The van der Waals surface area contributed by atoms with Crippen molar-refractivity contribution in [2.45, 2.75) is 77.4 Å². The summed E-state index contributed by atoms with van der Waals surface area (Å²) in [6.45, 7) is 12.0. The summed E-state index contributed by atoms with van der Waals surface area (Å²) in [6, 6.07) is 0. The van der Waals surface area contributed by atoms with E-state index in [1.165, 1.54) is 0 Å². The zero-order valence-electron chi connectivity index (χ0n) is 11.3. The van der Waals surface area contributed by atoms with E-state index in [1.54, 1.807) is 0 Å². The molecule has 0 saturated carbocycles. The summed E-state index contributed by atoms with van der Waals surface area (Å²) in [5.41, 5.74) is -0.323. The Morgan fingerprint density at radius 2 is 1.06 bits per heavy atom. The minimum atomic E-state index is -0.639. The molecule has 2 nitrogen and oxygen atoms in total. The van der Waals surface area contributed by atoms with Gasteiger partial charge in [-0.1, -0.05) is 39.8 Å². The van der Waals surface area contributed by atoms with Crippen LogP contribution in [0, 0.1) is 0 Å². The standard InChI is InChI=1S/C14H28O2/c1-6-13(15,7-2)10-12(5)11-14(16,8-3)9-4/h15-16H,5-11H2,1-4H3. The van der Waals surface area contributed by atoms with E-state index in [9.17, 15) is 10.2 Å². The Kier molecular flexibility index (Phi) is 6.27.